The van der Waals surface area contributed by atoms with Crippen molar-refractivity contribution in [3.63, 3.8) is 0 Å². The quantitative estimate of drug-likeness (QED) is 0.534. The van der Waals surface area contributed by atoms with Gasteiger partial charge in [0.05, 0.1) is 13.7 Å². The van der Waals surface area contributed by atoms with E-state index in [0.29, 0.717) is 16.5 Å². The molecule has 0 unspecified atom stereocenters. The highest BCUT2D eigenvalue weighted by Gasteiger charge is 2.35. The van der Waals surface area contributed by atoms with Gasteiger partial charge in [0.25, 0.3) is 0 Å². The lowest BCUT2D eigenvalue weighted by molar-refractivity contribution is -0.138. The van der Waals surface area contributed by atoms with Crippen LogP contribution in [0.25, 0.3) is 0 Å². The van der Waals surface area contributed by atoms with E-state index in [-0.39, 0.29) is 19.1 Å². The van der Waals surface area contributed by atoms with Crippen molar-refractivity contribution in [1.82, 2.24) is 5.32 Å². The molecule has 0 saturated carbocycles. The van der Waals surface area contributed by atoms with Crippen LogP contribution in [0.4, 0.5) is 5.69 Å². The summed E-state index contributed by atoms with van der Waals surface area (Å²) in [7, 11) is 1.59. The summed E-state index contributed by atoms with van der Waals surface area (Å²) in [4.78, 5) is 24.8. The van der Waals surface area contributed by atoms with Gasteiger partial charge < -0.3 is 20.1 Å². The number of hydrogen-bond donors (Lipinski definition) is 2. The van der Waals surface area contributed by atoms with Crippen LogP contribution in [-0.2, 0) is 9.59 Å². The Labute approximate surface area is 163 Å². The lowest BCUT2D eigenvalue weighted by Gasteiger charge is -2.22. The molecule has 0 radical (unpaired) electrons. The zero-order valence-corrected chi connectivity index (χ0v) is 16.3. The molecule has 0 spiro atoms. The minimum atomic E-state index is -1.25. The van der Waals surface area contributed by atoms with Gasteiger partial charge in [0.15, 0.2) is 0 Å². The molecule has 0 fully saturated rings. The molecule has 27 heavy (non-hydrogen) atoms. The van der Waals surface area contributed by atoms with Crippen LogP contribution in [0, 0.1) is 5.41 Å². The van der Waals surface area contributed by atoms with Crippen molar-refractivity contribution in [3.8, 4) is 11.5 Å². The number of anilines is 1. The largest absolute Gasteiger partial charge is 0.497 e. The molecule has 0 heterocycles. The highest BCUT2D eigenvalue weighted by molar-refractivity contribution is 6.31. The van der Waals surface area contributed by atoms with E-state index in [9.17, 15) is 9.59 Å². The summed E-state index contributed by atoms with van der Waals surface area (Å²) in [5, 5.41) is 5.93. The van der Waals surface area contributed by atoms with Crippen LogP contribution in [0.1, 0.15) is 13.8 Å². The molecule has 0 aliphatic rings. The van der Waals surface area contributed by atoms with Gasteiger partial charge in [0.2, 0.25) is 11.8 Å². The fourth-order valence-corrected chi connectivity index (χ4v) is 2.37. The van der Waals surface area contributed by atoms with Crippen LogP contribution in [0.15, 0.2) is 48.5 Å². The molecule has 0 atom stereocenters. The van der Waals surface area contributed by atoms with Crippen molar-refractivity contribution in [2.24, 2.45) is 5.41 Å². The van der Waals surface area contributed by atoms with E-state index >= 15 is 0 Å². The van der Waals surface area contributed by atoms with Crippen molar-refractivity contribution in [3.05, 3.63) is 53.6 Å². The summed E-state index contributed by atoms with van der Waals surface area (Å²) < 4.78 is 10.6. The van der Waals surface area contributed by atoms with Gasteiger partial charge in [-0.1, -0.05) is 17.7 Å². The van der Waals surface area contributed by atoms with Crippen molar-refractivity contribution in [2.75, 3.05) is 25.6 Å². The third kappa shape index (κ3) is 5.89. The van der Waals surface area contributed by atoms with E-state index in [4.69, 9.17) is 21.1 Å². The molecule has 2 aromatic rings. The maximum atomic E-state index is 12.4. The lowest BCUT2D eigenvalue weighted by atomic mass is 9.91. The number of carbonyl (C=O) groups is 2. The number of amides is 2. The first-order valence-corrected chi connectivity index (χ1v) is 8.83. The van der Waals surface area contributed by atoms with Crippen LogP contribution in [0.3, 0.4) is 0 Å². The first-order valence-electron chi connectivity index (χ1n) is 8.45. The Morgan fingerprint density at radius 3 is 2.33 bits per heavy atom. The average molecular weight is 391 g/mol. The molecule has 2 rings (SSSR count). The molecule has 0 bridgehead atoms. The molecule has 2 aromatic carbocycles. The van der Waals surface area contributed by atoms with Gasteiger partial charge in [-0.15, -0.1) is 0 Å². The standard InChI is InChI=1S/C20H23ClN2O4/c1-20(2,19(25)23-15-6-4-5-14(21)13-15)18(24)22-11-12-27-17-9-7-16(26-3)8-10-17/h4-10,13H,11-12H2,1-3H3,(H,22,24)(H,23,25). The Kier molecular flexibility index (Phi) is 7.07. The van der Waals surface area contributed by atoms with Crippen LogP contribution >= 0.6 is 11.6 Å². The van der Waals surface area contributed by atoms with E-state index in [1.807, 2.05) is 0 Å². The van der Waals surface area contributed by atoms with Crippen LogP contribution < -0.4 is 20.1 Å². The van der Waals surface area contributed by atoms with Gasteiger partial charge in [-0.05, 0) is 56.3 Å². The number of hydrogen-bond acceptors (Lipinski definition) is 4. The molecule has 0 aliphatic carbocycles. The monoisotopic (exact) mass is 390 g/mol. The Balaban J connectivity index is 1.81. The molecule has 144 valence electrons. The number of rotatable bonds is 8. The molecular formula is C20H23ClN2O4. The maximum Gasteiger partial charge on any atom is 0.239 e. The second kappa shape index (κ2) is 9.28. The third-order valence-electron chi connectivity index (χ3n) is 3.93. The summed E-state index contributed by atoms with van der Waals surface area (Å²) in [6.07, 6.45) is 0. The van der Waals surface area contributed by atoms with E-state index < -0.39 is 11.3 Å². The first-order chi connectivity index (χ1) is 12.8. The number of nitrogens with one attached hydrogen (secondary N) is 2. The minimum Gasteiger partial charge on any atom is -0.497 e. The zero-order chi connectivity index (χ0) is 19.9. The minimum absolute atomic E-state index is 0.277. The van der Waals surface area contributed by atoms with Gasteiger partial charge in [0, 0.05) is 10.7 Å². The second-order valence-electron chi connectivity index (χ2n) is 6.37. The molecule has 0 aromatic heterocycles. The van der Waals surface area contributed by atoms with Gasteiger partial charge in [-0.2, -0.15) is 0 Å². The summed E-state index contributed by atoms with van der Waals surface area (Å²) in [6, 6.07) is 13.9. The summed E-state index contributed by atoms with van der Waals surface area (Å²) >= 11 is 5.91. The number of carbonyl (C=O) groups excluding carboxylic acids is 2. The van der Waals surface area contributed by atoms with Crippen molar-refractivity contribution >= 4 is 29.1 Å². The summed E-state index contributed by atoms with van der Waals surface area (Å²) in [5.74, 6) is 0.602. The Morgan fingerprint density at radius 2 is 1.70 bits per heavy atom. The Hall–Kier alpha value is -2.73. The number of halogens is 1. The van der Waals surface area contributed by atoms with Gasteiger partial charge in [-0.25, -0.2) is 0 Å². The smallest absolute Gasteiger partial charge is 0.239 e. The van der Waals surface area contributed by atoms with Crippen molar-refractivity contribution in [2.45, 2.75) is 13.8 Å². The van der Waals surface area contributed by atoms with Crippen LogP contribution in [0.5, 0.6) is 11.5 Å². The van der Waals surface area contributed by atoms with Gasteiger partial charge >= 0.3 is 0 Å². The topological polar surface area (TPSA) is 76.7 Å². The highest BCUT2D eigenvalue weighted by atomic mass is 35.5. The number of ether oxygens (including phenoxy) is 2. The van der Waals surface area contributed by atoms with Gasteiger partial charge in [0.1, 0.15) is 23.5 Å². The Bertz CT molecular complexity index is 791. The highest BCUT2D eigenvalue weighted by Crippen LogP contribution is 2.21. The van der Waals surface area contributed by atoms with Gasteiger partial charge in [-0.3, -0.25) is 9.59 Å². The number of methoxy groups -OCH3 is 1. The van der Waals surface area contributed by atoms with Crippen molar-refractivity contribution in [1.29, 1.82) is 0 Å². The predicted octanol–water partition coefficient (Wildman–Crippen LogP) is 3.51. The Morgan fingerprint density at radius 1 is 1.04 bits per heavy atom. The van der Waals surface area contributed by atoms with Crippen LogP contribution in [0.2, 0.25) is 5.02 Å². The maximum absolute atomic E-state index is 12.4. The fraction of sp³-hybridized carbons (Fsp3) is 0.300. The van der Waals surface area contributed by atoms with Crippen molar-refractivity contribution < 1.29 is 19.1 Å². The molecule has 2 amide bonds. The summed E-state index contributed by atoms with van der Waals surface area (Å²) in [6.45, 7) is 3.68. The summed E-state index contributed by atoms with van der Waals surface area (Å²) in [5.41, 5.74) is -0.709. The molecule has 7 heteroatoms. The van der Waals surface area contributed by atoms with E-state index in [1.54, 1.807) is 69.5 Å². The molecular weight excluding hydrogens is 368 g/mol. The van der Waals surface area contributed by atoms with Crippen LogP contribution in [-0.4, -0.2) is 32.1 Å². The first kappa shape index (κ1) is 20.6. The molecule has 0 saturated heterocycles. The average Bonchev–Trinajstić information content (AvgIpc) is 2.65. The van der Waals surface area contributed by atoms with E-state index in [2.05, 4.69) is 10.6 Å². The fourth-order valence-electron chi connectivity index (χ4n) is 2.18. The number of benzene rings is 2. The SMILES string of the molecule is COc1ccc(OCCNC(=O)C(C)(C)C(=O)Nc2cccc(Cl)c2)cc1. The lowest BCUT2D eigenvalue weighted by Crippen LogP contribution is -2.46. The molecule has 0 aliphatic heterocycles. The van der Waals surface area contributed by atoms with E-state index in [0.717, 1.165) is 5.75 Å². The van der Waals surface area contributed by atoms with E-state index in [1.165, 1.54) is 0 Å². The normalized spacial score (nSPS) is 10.8. The molecule has 6 nitrogen and oxygen atoms in total. The predicted molar refractivity (Wildman–Crippen MR) is 105 cm³/mol. The third-order valence-corrected chi connectivity index (χ3v) is 4.17. The molecule has 2 N–H and O–H groups in total. The second-order valence-corrected chi connectivity index (χ2v) is 6.81. The zero-order valence-electron chi connectivity index (χ0n) is 15.5.